The van der Waals surface area contributed by atoms with Crippen molar-refractivity contribution in [3.63, 3.8) is 0 Å². The van der Waals surface area contributed by atoms with Crippen molar-refractivity contribution in [1.29, 1.82) is 5.26 Å². The van der Waals surface area contributed by atoms with Crippen LogP contribution in [0.5, 0.6) is 0 Å². The second kappa shape index (κ2) is 15.1. The van der Waals surface area contributed by atoms with Gasteiger partial charge in [0.05, 0.1) is 34.0 Å². The van der Waals surface area contributed by atoms with E-state index in [2.05, 4.69) is 10.6 Å². The third-order valence-electron chi connectivity index (χ3n) is 8.91. The van der Waals surface area contributed by atoms with E-state index in [9.17, 15) is 37.7 Å². The van der Waals surface area contributed by atoms with Crippen LogP contribution >= 0.6 is 0 Å². The first-order chi connectivity index (χ1) is 25.4. The van der Waals surface area contributed by atoms with E-state index >= 15 is 8.78 Å². The molecule has 1 aromatic heterocycles. The fourth-order valence-electron chi connectivity index (χ4n) is 5.41. The number of sulfonamides is 1. The topological polar surface area (TPSA) is 198 Å². The van der Waals surface area contributed by atoms with Crippen molar-refractivity contribution < 1.29 is 36.3 Å². The molecule has 0 saturated heterocycles. The monoisotopic (exact) mass is 762 g/mol. The number of rotatable bonds is 12. The maximum atomic E-state index is 15.3. The van der Waals surface area contributed by atoms with E-state index < -0.39 is 79.6 Å². The average molecular weight is 763 g/mol. The number of hydrogen-bond donors (Lipinski definition) is 3. The van der Waals surface area contributed by atoms with Gasteiger partial charge in [-0.3, -0.25) is 19.1 Å². The Bertz CT molecular complexity index is 2400. The van der Waals surface area contributed by atoms with Gasteiger partial charge in [0.25, 0.3) is 27.4 Å². The molecule has 1 atom stereocenters. The zero-order valence-electron chi connectivity index (χ0n) is 29.8. The molecule has 0 radical (unpaired) electrons. The van der Waals surface area contributed by atoms with Gasteiger partial charge in [-0.25, -0.2) is 31.4 Å². The van der Waals surface area contributed by atoms with Crippen molar-refractivity contribution in [2.75, 3.05) is 4.72 Å². The lowest BCUT2D eigenvalue weighted by molar-refractivity contribution is -0.149. The lowest BCUT2D eigenvalue weighted by Crippen LogP contribution is -2.44. The van der Waals surface area contributed by atoms with E-state index in [-0.39, 0.29) is 22.6 Å². The van der Waals surface area contributed by atoms with Crippen LogP contribution in [0.15, 0.2) is 75.1 Å². The highest BCUT2D eigenvalue weighted by Gasteiger charge is 2.44. The Morgan fingerprint density at radius 2 is 1.59 bits per heavy atom. The Kier molecular flexibility index (Phi) is 10.9. The molecule has 0 bridgehead atoms. The molecule has 3 aromatic carbocycles. The Morgan fingerprint density at radius 1 is 0.963 bits per heavy atom. The number of ether oxygens (including phenoxy) is 1. The number of carbonyl (C=O) groups excluding carboxylic acids is 3. The molecule has 282 valence electrons. The van der Waals surface area contributed by atoms with Crippen LogP contribution in [0, 0.1) is 36.8 Å². The van der Waals surface area contributed by atoms with Gasteiger partial charge < -0.3 is 19.9 Å². The molecule has 3 N–H and O–H groups in total. The number of aromatic nitrogens is 2. The molecule has 14 nitrogen and oxygen atoms in total. The summed E-state index contributed by atoms with van der Waals surface area (Å²) in [7, 11) is -2.97. The summed E-state index contributed by atoms with van der Waals surface area (Å²) in [6.07, 6.45) is 0.220. The molecule has 1 aliphatic carbocycles. The summed E-state index contributed by atoms with van der Waals surface area (Å²) < 4.78 is 66.1. The number of nitrogens with one attached hydrogen (secondary N) is 3. The van der Waals surface area contributed by atoms with Gasteiger partial charge in [0, 0.05) is 36.4 Å². The van der Waals surface area contributed by atoms with Crippen LogP contribution in [-0.4, -0.2) is 53.0 Å². The zero-order chi connectivity index (χ0) is 39.7. The second-order valence-corrected chi connectivity index (χ2v) is 14.8. The van der Waals surface area contributed by atoms with Gasteiger partial charge in [0.1, 0.15) is 23.2 Å². The Labute approximate surface area is 308 Å². The lowest BCUT2D eigenvalue weighted by atomic mass is 10.0. The smallest absolute Gasteiger partial charge is 0.335 e. The molecule has 2 amide bonds. The van der Waals surface area contributed by atoms with Gasteiger partial charge in [0.2, 0.25) is 0 Å². The van der Waals surface area contributed by atoms with Crippen molar-refractivity contribution in [2.24, 2.45) is 7.05 Å². The maximum absolute atomic E-state index is 15.3. The number of anilines is 1. The number of carbonyl (C=O) groups is 3. The molecule has 0 aliphatic heterocycles. The first-order valence-corrected chi connectivity index (χ1v) is 18.1. The predicted octanol–water partition coefficient (Wildman–Crippen LogP) is 3.31. The first kappa shape index (κ1) is 39.1. The van der Waals surface area contributed by atoms with Crippen LogP contribution < -0.4 is 26.6 Å². The van der Waals surface area contributed by atoms with Gasteiger partial charge in [0.15, 0.2) is 0 Å². The number of esters is 1. The normalized spacial score (nSPS) is 13.8. The highest BCUT2D eigenvalue weighted by Crippen LogP contribution is 2.34. The summed E-state index contributed by atoms with van der Waals surface area (Å²) in [4.78, 5) is 64.1. The van der Waals surface area contributed by atoms with E-state index in [0.717, 1.165) is 16.7 Å². The molecular weight excluding hydrogens is 727 g/mol. The van der Waals surface area contributed by atoms with E-state index in [0.29, 0.717) is 41.8 Å². The first-order valence-electron chi connectivity index (χ1n) is 16.6. The molecule has 1 fully saturated rings. The van der Waals surface area contributed by atoms with Crippen molar-refractivity contribution in [2.45, 2.75) is 69.5 Å². The molecule has 0 unspecified atom stereocenters. The molecule has 54 heavy (non-hydrogen) atoms. The average Bonchev–Trinajstić information content (AvgIpc) is 3.91. The Morgan fingerprint density at radius 3 is 2.17 bits per heavy atom. The minimum Gasteiger partial charge on any atom is -0.461 e. The third kappa shape index (κ3) is 8.23. The predicted molar refractivity (Wildman–Crippen MR) is 192 cm³/mol. The number of halogens is 2. The quantitative estimate of drug-likeness (QED) is 0.181. The standard InChI is InChI=1S/C37H36F2N6O8S/c1-20(2)53-35(49)31(16-23-6-10-25(11-7-23)45-34(48)21(3)22(4)44(5)36(45)50)41-33(47)27-17-29(39)30(18-28(27)38)43-54(51,52)26-12-8-24(9-13-26)32(46)42-37(19-40)14-15-37/h6-13,17-18,20,31,43H,14-16H2,1-5H3,(H,41,47)(H,42,46)/t31-/m0/s1. The number of benzene rings is 3. The minimum absolute atomic E-state index is 0.0805. The molecule has 4 aromatic rings. The van der Waals surface area contributed by atoms with Gasteiger partial charge in [-0.1, -0.05) is 12.1 Å². The minimum atomic E-state index is -4.50. The second-order valence-electron chi connectivity index (χ2n) is 13.2. The van der Waals surface area contributed by atoms with Crippen molar-refractivity contribution in [1.82, 2.24) is 19.8 Å². The molecule has 1 saturated carbocycles. The number of amides is 2. The largest absolute Gasteiger partial charge is 0.461 e. The highest BCUT2D eigenvalue weighted by atomic mass is 32.2. The summed E-state index contributed by atoms with van der Waals surface area (Å²) in [5, 5.41) is 14.1. The molecule has 1 heterocycles. The van der Waals surface area contributed by atoms with Gasteiger partial charge in [-0.15, -0.1) is 0 Å². The fourth-order valence-corrected chi connectivity index (χ4v) is 6.47. The number of hydrogen-bond acceptors (Lipinski definition) is 9. The van der Waals surface area contributed by atoms with Crippen LogP contribution in [0.3, 0.4) is 0 Å². The highest BCUT2D eigenvalue weighted by molar-refractivity contribution is 7.92. The number of nitrogens with zero attached hydrogens (tertiary/aromatic N) is 3. The van der Waals surface area contributed by atoms with Gasteiger partial charge >= 0.3 is 11.7 Å². The van der Waals surface area contributed by atoms with Crippen LogP contribution in [0.1, 0.15) is 64.2 Å². The van der Waals surface area contributed by atoms with E-state index in [1.54, 1.807) is 27.7 Å². The van der Waals surface area contributed by atoms with Crippen LogP contribution in [0.4, 0.5) is 14.5 Å². The molecule has 1 aliphatic rings. The van der Waals surface area contributed by atoms with Crippen LogP contribution in [-0.2, 0) is 33.0 Å². The van der Waals surface area contributed by atoms with Crippen LogP contribution in [0.2, 0.25) is 0 Å². The molecule has 5 rings (SSSR count). The summed E-state index contributed by atoms with van der Waals surface area (Å²) in [5.41, 5.74) is -1.95. The third-order valence-corrected chi connectivity index (χ3v) is 10.3. The summed E-state index contributed by atoms with van der Waals surface area (Å²) in [6.45, 7) is 6.41. The van der Waals surface area contributed by atoms with Crippen molar-refractivity contribution in [3.05, 3.63) is 121 Å². The van der Waals surface area contributed by atoms with E-state index in [4.69, 9.17) is 4.74 Å². The molecular formula is C37H36F2N6O8S. The summed E-state index contributed by atoms with van der Waals surface area (Å²) in [6, 6.07) is 12.1. The van der Waals surface area contributed by atoms with Gasteiger partial charge in [-0.05, 0) is 88.6 Å². The summed E-state index contributed by atoms with van der Waals surface area (Å²) in [5.74, 6) is -5.29. The fraction of sp³-hybridized carbons (Fsp3) is 0.297. The van der Waals surface area contributed by atoms with E-state index in [1.807, 2.05) is 10.8 Å². The zero-order valence-corrected chi connectivity index (χ0v) is 30.6. The Balaban J connectivity index is 1.32. The Hall–Kier alpha value is -6.15. The van der Waals surface area contributed by atoms with Crippen LogP contribution in [0.25, 0.3) is 5.69 Å². The lowest BCUT2D eigenvalue weighted by Gasteiger charge is -2.20. The number of nitriles is 1. The molecule has 0 spiro atoms. The SMILES string of the molecule is Cc1c(C)n(C)c(=O)n(-c2ccc(C[C@H](NC(=O)c3cc(F)c(NS(=O)(=O)c4ccc(C(=O)NC5(C#N)CC5)cc4)cc3F)C(=O)OC(C)C)cc2)c1=O. The van der Waals surface area contributed by atoms with Crippen molar-refractivity contribution in [3.8, 4) is 11.8 Å². The summed E-state index contributed by atoms with van der Waals surface area (Å²) >= 11 is 0. The molecule has 17 heteroatoms. The maximum Gasteiger partial charge on any atom is 0.335 e. The van der Waals surface area contributed by atoms with Crippen molar-refractivity contribution >= 4 is 33.5 Å². The van der Waals surface area contributed by atoms with Gasteiger partial charge in [-0.2, -0.15) is 5.26 Å². The van der Waals surface area contributed by atoms with E-state index in [1.165, 1.54) is 48.0 Å².